The average molecular weight is 152 g/mol. The van der Waals surface area contributed by atoms with E-state index in [0.29, 0.717) is 0 Å². The van der Waals surface area contributed by atoms with E-state index in [1.165, 1.54) is 0 Å². The summed E-state index contributed by atoms with van der Waals surface area (Å²) < 4.78 is 2.05. The zero-order chi connectivity index (χ0) is 8.01. The van der Waals surface area contributed by atoms with Gasteiger partial charge in [-0.3, -0.25) is 4.57 Å². The summed E-state index contributed by atoms with van der Waals surface area (Å²) in [6.07, 6.45) is 0. The fourth-order valence-corrected chi connectivity index (χ4v) is 1.43. The van der Waals surface area contributed by atoms with Crippen molar-refractivity contribution in [3.8, 4) is 0 Å². The molecule has 2 rings (SSSR count). The minimum Gasteiger partial charge on any atom is -0.384 e. The van der Waals surface area contributed by atoms with E-state index in [-0.39, 0.29) is 0 Å². The first kappa shape index (κ1) is 6.52. The highest BCUT2D eigenvalue weighted by molar-refractivity contribution is 5.49. The van der Waals surface area contributed by atoms with Gasteiger partial charge < -0.3 is 10.6 Å². The highest BCUT2D eigenvalue weighted by Gasteiger charge is 2.20. The molecule has 0 amide bonds. The maximum Gasteiger partial charge on any atom is 0.207 e. The van der Waals surface area contributed by atoms with Crippen LogP contribution in [0.15, 0.2) is 0 Å². The zero-order valence-electron chi connectivity index (χ0n) is 6.83. The van der Waals surface area contributed by atoms with Gasteiger partial charge in [-0.05, 0) is 6.92 Å². The number of aromatic nitrogens is 2. The van der Waals surface area contributed by atoms with Crippen LogP contribution >= 0.6 is 0 Å². The Morgan fingerprint density at radius 2 is 2.18 bits per heavy atom. The molecule has 11 heavy (non-hydrogen) atoms. The highest BCUT2D eigenvalue weighted by atomic mass is 15.4. The molecule has 0 saturated carbocycles. The Hall–Kier alpha value is -1.19. The Kier molecular flexibility index (Phi) is 1.13. The first-order chi connectivity index (χ1) is 5.20. The molecule has 0 spiro atoms. The molecule has 2 heterocycles. The molecule has 0 saturated heterocycles. The quantitative estimate of drug-likeness (QED) is 0.578. The van der Waals surface area contributed by atoms with Crippen LogP contribution < -0.4 is 10.6 Å². The van der Waals surface area contributed by atoms with Gasteiger partial charge in [0.2, 0.25) is 5.95 Å². The number of aryl methyl sites for hydroxylation is 1. The molecule has 4 heteroatoms. The van der Waals surface area contributed by atoms with E-state index in [1.807, 2.05) is 14.0 Å². The molecular formula is C7H12N4. The SMILES string of the molecule is Cc1nc2n(c1N)CCN2C. The minimum atomic E-state index is 0.810. The van der Waals surface area contributed by atoms with Gasteiger partial charge >= 0.3 is 0 Å². The summed E-state index contributed by atoms with van der Waals surface area (Å²) >= 11 is 0. The van der Waals surface area contributed by atoms with Gasteiger partial charge in [0.05, 0.1) is 5.69 Å². The van der Waals surface area contributed by atoms with Crippen LogP contribution in [0.5, 0.6) is 0 Å². The molecular weight excluding hydrogens is 140 g/mol. The van der Waals surface area contributed by atoms with E-state index >= 15 is 0 Å². The van der Waals surface area contributed by atoms with Crippen molar-refractivity contribution in [1.82, 2.24) is 9.55 Å². The number of nitrogens with zero attached hydrogens (tertiary/aromatic N) is 3. The number of hydrogen-bond donors (Lipinski definition) is 1. The van der Waals surface area contributed by atoms with Crippen molar-refractivity contribution in [2.45, 2.75) is 13.5 Å². The van der Waals surface area contributed by atoms with E-state index in [9.17, 15) is 0 Å². The second-order valence-corrected chi connectivity index (χ2v) is 2.96. The standard InChI is InChI=1S/C7H12N4/c1-5-6(8)11-4-3-10(2)7(11)9-5/h3-4,8H2,1-2H3. The van der Waals surface area contributed by atoms with Gasteiger partial charge in [-0.15, -0.1) is 0 Å². The Morgan fingerprint density at radius 3 is 2.82 bits per heavy atom. The van der Waals surface area contributed by atoms with E-state index in [0.717, 1.165) is 30.5 Å². The van der Waals surface area contributed by atoms with Crippen LogP contribution in [0.25, 0.3) is 0 Å². The fourth-order valence-electron chi connectivity index (χ4n) is 1.43. The largest absolute Gasteiger partial charge is 0.384 e. The molecule has 0 radical (unpaired) electrons. The van der Waals surface area contributed by atoms with Crippen molar-refractivity contribution in [2.75, 3.05) is 24.2 Å². The van der Waals surface area contributed by atoms with Crippen molar-refractivity contribution >= 4 is 11.8 Å². The van der Waals surface area contributed by atoms with Gasteiger partial charge in [0.15, 0.2) is 0 Å². The number of likely N-dealkylation sites (N-methyl/N-ethyl adjacent to an activating group) is 1. The molecule has 1 aromatic rings. The predicted molar refractivity (Wildman–Crippen MR) is 44.6 cm³/mol. The summed E-state index contributed by atoms with van der Waals surface area (Å²) in [5.74, 6) is 1.81. The second kappa shape index (κ2) is 1.90. The van der Waals surface area contributed by atoms with Gasteiger partial charge in [0.25, 0.3) is 0 Å². The molecule has 1 aromatic heterocycles. The number of rotatable bonds is 0. The molecule has 0 unspecified atom stereocenters. The lowest BCUT2D eigenvalue weighted by atomic mass is 10.5. The van der Waals surface area contributed by atoms with Gasteiger partial charge in [0, 0.05) is 20.1 Å². The molecule has 60 valence electrons. The van der Waals surface area contributed by atoms with Crippen molar-refractivity contribution in [3.63, 3.8) is 0 Å². The first-order valence-corrected chi connectivity index (χ1v) is 3.74. The maximum absolute atomic E-state index is 5.79. The third-order valence-corrected chi connectivity index (χ3v) is 2.17. The second-order valence-electron chi connectivity index (χ2n) is 2.96. The average Bonchev–Trinajstić information content (AvgIpc) is 2.43. The Labute approximate surface area is 65.6 Å². The number of fused-ring (bicyclic) bond motifs is 1. The summed E-state index contributed by atoms with van der Waals surface area (Å²) in [7, 11) is 2.03. The van der Waals surface area contributed by atoms with Crippen LogP contribution in [0.3, 0.4) is 0 Å². The van der Waals surface area contributed by atoms with Gasteiger partial charge in [-0.25, -0.2) is 4.98 Å². The molecule has 1 aliphatic rings. The van der Waals surface area contributed by atoms with Crippen LogP contribution in [-0.2, 0) is 6.54 Å². The number of imidazole rings is 1. The predicted octanol–water partition coefficient (Wildman–Crippen LogP) is 0.224. The van der Waals surface area contributed by atoms with Crippen LogP contribution in [0.4, 0.5) is 11.8 Å². The molecule has 0 aliphatic carbocycles. The summed E-state index contributed by atoms with van der Waals surface area (Å²) in [6.45, 7) is 3.93. The van der Waals surface area contributed by atoms with Crippen molar-refractivity contribution in [1.29, 1.82) is 0 Å². The molecule has 0 aromatic carbocycles. The summed E-state index contributed by atoms with van der Waals surface area (Å²) in [5.41, 5.74) is 6.73. The lowest BCUT2D eigenvalue weighted by Crippen LogP contribution is -2.13. The van der Waals surface area contributed by atoms with Crippen molar-refractivity contribution < 1.29 is 0 Å². The Balaban J connectivity index is 2.57. The maximum atomic E-state index is 5.79. The summed E-state index contributed by atoms with van der Waals surface area (Å²) in [5, 5.41) is 0. The van der Waals surface area contributed by atoms with Crippen LogP contribution in [0.1, 0.15) is 5.69 Å². The summed E-state index contributed by atoms with van der Waals surface area (Å²) in [6, 6.07) is 0. The van der Waals surface area contributed by atoms with E-state index < -0.39 is 0 Å². The minimum absolute atomic E-state index is 0.810. The summed E-state index contributed by atoms with van der Waals surface area (Å²) in [4.78, 5) is 6.45. The van der Waals surface area contributed by atoms with E-state index in [1.54, 1.807) is 0 Å². The molecule has 0 atom stereocenters. The lowest BCUT2D eigenvalue weighted by Gasteiger charge is -2.05. The van der Waals surface area contributed by atoms with Crippen molar-refractivity contribution in [3.05, 3.63) is 5.69 Å². The number of nitrogens with two attached hydrogens (primary N) is 1. The van der Waals surface area contributed by atoms with Gasteiger partial charge in [0.1, 0.15) is 5.82 Å². The molecule has 0 bridgehead atoms. The lowest BCUT2D eigenvalue weighted by molar-refractivity contribution is 0.802. The number of nitrogen functional groups attached to an aromatic ring is 1. The molecule has 0 fully saturated rings. The highest BCUT2D eigenvalue weighted by Crippen LogP contribution is 2.24. The third-order valence-electron chi connectivity index (χ3n) is 2.17. The van der Waals surface area contributed by atoms with Crippen LogP contribution in [0, 0.1) is 6.92 Å². The van der Waals surface area contributed by atoms with E-state index in [4.69, 9.17) is 5.73 Å². The number of anilines is 2. The third kappa shape index (κ3) is 0.721. The topological polar surface area (TPSA) is 47.1 Å². The van der Waals surface area contributed by atoms with Crippen LogP contribution in [-0.4, -0.2) is 23.1 Å². The van der Waals surface area contributed by atoms with Gasteiger partial charge in [-0.2, -0.15) is 0 Å². The first-order valence-electron chi connectivity index (χ1n) is 3.74. The molecule has 1 aliphatic heterocycles. The fraction of sp³-hybridized carbons (Fsp3) is 0.571. The zero-order valence-corrected chi connectivity index (χ0v) is 6.83. The van der Waals surface area contributed by atoms with Crippen molar-refractivity contribution in [2.24, 2.45) is 0 Å². The van der Waals surface area contributed by atoms with E-state index in [2.05, 4.69) is 14.5 Å². The molecule has 2 N–H and O–H groups in total. The monoisotopic (exact) mass is 152 g/mol. The normalized spacial score (nSPS) is 15.6. The van der Waals surface area contributed by atoms with Gasteiger partial charge in [-0.1, -0.05) is 0 Å². The number of hydrogen-bond acceptors (Lipinski definition) is 3. The Bertz CT molecular complexity index is 289. The smallest absolute Gasteiger partial charge is 0.207 e. The van der Waals surface area contributed by atoms with Crippen LogP contribution in [0.2, 0.25) is 0 Å². The Morgan fingerprint density at radius 1 is 1.45 bits per heavy atom. The molecule has 4 nitrogen and oxygen atoms in total.